The molecule has 0 spiro atoms. The molecule has 18 heavy (non-hydrogen) atoms. The number of aryl methyl sites for hydroxylation is 1. The van der Waals surface area contributed by atoms with Gasteiger partial charge in [-0.05, 0) is 30.5 Å². The standard InChI is InChI=1S/C14H19F2NO/c1-2-17-14-11-6-4-3-5-10(11)7-8-12(14)18-9-13(15)16/h3-6,12-14,17H,2,7-9H2,1H3. The van der Waals surface area contributed by atoms with E-state index in [4.69, 9.17) is 4.74 Å². The van der Waals surface area contributed by atoms with Crippen molar-refractivity contribution in [3.05, 3.63) is 35.4 Å². The summed E-state index contributed by atoms with van der Waals surface area (Å²) in [7, 11) is 0. The Balaban J connectivity index is 2.13. The third-order valence-electron chi connectivity index (χ3n) is 3.32. The lowest BCUT2D eigenvalue weighted by Gasteiger charge is -2.34. The van der Waals surface area contributed by atoms with Gasteiger partial charge in [-0.3, -0.25) is 0 Å². The van der Waals surface area contributed by atoms with Gasteiger partial charge < -0.3 is 10.1 Å². The molecule has 1 aromatic carbocycles. The van der Waals surface area contributed by atoms with Gasteiger partial charge in [-0.15, -0.1) is 0 Å². The molecule has 0 fully saturated rings. The lowest BCUT2D eigenvalue weighted by molar-refractivity contribution is -0.0439. The van der Waals surface area contributed by atoms with Crippen LogP contribution in [0.5, 0.6) is 0 Å². The summed E-state index contributed by atoms with van der Waals surface area (Å²) in [6.45, 7) is 2.34. The molecular formula is C14H19F2NO. The van der Waals surface area contributed by atoms with Gasteiger partial charge in [-0.2, -0.15) is 0 Å². The molecule has 0 heterocycles. The molecule has 0 saturated carbocycles. The summed E-state index contributed by atoms with van der Waals surface area (Å²) >= 11 is 0. The van der Waals surface area contributed by atoms with E-state index in [1.165, 1.54) is 11.1 Å². The van der Waals surface area contributed by atoms with Crippen LogP contribution in [-0.2, 0) is 11.2 Å². The zero-order valence-electron chi connectivity index (χ0n) is 10.5. The Labute approximate surface area is 106 Å². The highest BCUT2D eigenvalue weighted by atomic mass is 19.3. The predicted molar refractivity (Wildman–Crippen MR) is 66.9 cm³/mol. The molecule has 2 unspecified atom stereocenters. The molecule has 0 saturated heterocycles. The second-order valence-electron chi connectivity index (χ2n) is 4.54. The van der Waals surface area contributed by atoms with Gasteiger partial charge in [0, 0.05) is 0 Å². The minimum absolute atomic E-state index is 0.0266. The number of halogens is 2. The zero-order valence-corrected chi connectivity index (χ0v) is 10.5. The number of likely N-dealkylation sites (N-methyl/N-ethyl adjacent to an activating group) is 1. The molecule has 0 bridgehead atoms. The Kier molecular flexibility index (Phi) is 4.66. The molecule has 0 radical (unpaired) electrons. The zero-order chi connectivity index (χ0) is 13.0. The predicted octanol–water partition coefficient (Wildman–Crippen LogP) is 2.93. The molecule has 2 atom stereocenters. The van der Waals surface area contributed by atoms with Crippen LogP contribution in [-0.4, -0.2) is 25.7 Å². The second-order valence-corrected chi connectivity index (χ2v) is 4.54. The highest BCUT2D eigenvalue weighted by molar-refractivity contribution is 5.33. The number of hydrogen-bond acceptors (Lipinski definition) is 2. The van der Waals surface area contributed by atoms with E-state index in [-0.39, 0.29) is 12.1 Å². The van der Waals surface area contributed by atoms with E-state index in [0.717, 1.165) is 19.4 Å². The maximum absolute atomic E-state index is 12.3. The maximum Gasteiger partial charge on any atom is 0.261 e. The van der Waals surface area contributed by atoms with Crippen LogP contribution in [0.3, 0.4) is 0 Å². The molecule has 1 aromatic rings. The van der Waals surface area contributed by atoms with Crippen molar-refractivity contribution in [2.45, 2.75) is 38.3 Å². The van der Waals surface area contributed by atoms with Crippen molar-refractivity contribution in [2.24, 2.45) is 0 Å². The summed E-state index contributed by atoms with van der Waals surface area (Å²) in [4.78, 5) is 0. The van der Waals surface area contributed by atoms with Crippen molar-refractivity contribution >= 4 is 0 Å². The number of nitrogens with one attached hydrogen (secondary N) is 1. The summed E-state index contributed by atoms with van der Waals surface area (Å²) < 4.78 is 29.9. The SMILES string of the molecule is CCNC1c2ccccc2CCC1OCC(F)F. The van der Waals surface area contributed by atoms with Gasteiger partial charge in [-0.25, -0.2) is 8.78 Å². The summed E-state index contributed by atoms with van der Waals surface area (Å²) in [5.74, 6) is 0. The Hall–Kier alpha value is -1.00. The highest BCUT2D eigenvalue weighted by Crippen LogP contribution is 2.31. The van der Waals surface area contributed by atoms with Crippen LogP contribution in [0.1, 0.15) is 30.5 Å². The number of alkyl halides is 2. The topological polar surface area (TPSA) is 21.3 Å². The van der Waals surface area contributed by atoms with Crippen molar-refractivity contribution < 1.29 is 13.5 Å². The minimum atomic E-state index is -2.40. The average molecular weight is 255 g/mol. The smallest absolute Gasteiger partial charge is 0.261 e. The molecule has 1 aliphatic carbocycles. The largest absolute Gasteiger partial charge is 0.370 e. The van der Waals surface area contributed by atoms with Crippen molar-refractivity contribution in [1.82, 2.24) is 5.32 Å². The van der Waals surface area contributed by atoms with Gasteiger partial charge in [0.25, 0.3) is 6.43 Å². The Morgan fingerprint density at radius 2 is 2.17 bits per heavy atom. The van der Waals surface area contributed by atoms with Crippen LogP contribution in [0.2, 0.25) is 0 Å². The maximum atomic E-state index is 12.3. The fourth-order valence-electron chi connectivity index (χ4n) is 2.57. The second kappa shape index (κ2) is 6.25. The van der Waals surface area contributed by atoms with Gasteiger partial charge in [0.2, 0.25) is 0 Å². The van der Waals surface area contributed by atoms with E-state index >= 15 is 0 Å². The fourth-order valence-corrected chi connectivity index (χ4v) is 2.57. The first-order chi connectivity index (χ1) is 8.72. The lowest BCUT2D eigenvalue weighted by Crippen LogP contribution is -2.38. The summed E-state index contributed by atoms with van der Waals surface area (Å²) in [5, 5.41) is 3.34. The van der Waals surface area contributed by atoms with E-state index in [0.29, 0.717) is 0 Å². The van der Waals surface area contributed by atoms with Crippen LogP contribution in [0.4, 0.5) is 8.78 Å². The first-order valence-electron chi connectivity index (χ1n) is 6.43. The van der Waals surface area contributed by atoms with E-state index < -0.39 is 13.0 Å². The van der Waals surface area contributed by atoms with E-state index in [1.807, 2.05) is 19.1 Å². The van der Waals surface area contributed by atoms with Gasteiger partial charge in [0.15, 0.2) is 0 Å². The third-order valence-corrected chi connectivity index (χ3v) is 3.32. The Morgan fingerprint density at radius 1 is 1.39 bits per heavy atom. The van der Waals surface area contributed by atoms with Crippen LogP contribution in [0.15, 0.2) is 24.3 Å². The van der Waals surface area contributed by atoms with Crippen molar-refractivity contribution in [2.75, 3.05) is 13.2 Å². The minimum Gasteiger partial charge on any atom is -0.370 e. The number of hydrogen-bond donors (Lipinski definition) is 1. The molecule has 0 aromatic heterocycles. The molecule has 100 valence electrons. The number of fused-ring (bicyclic) bond motifs is 1. The van der Waals surface area contributed by atoms with E-state index in [2.05, 4.69) is 17.4 Å². The normalized spacial score (nSPS) is 23.1. The Bertz CT molecular complexity index is 384. The summed E-state index contributed by atoms with van der Waals surface area (Å²) in [6.07, 6.45) is -0.869. The van der Waals surface area contributed by atoms with Crippen molar-refractivity contribution in [1.29, 1.82) is 0 Å². The first-order valence-corrected chi connectivity index (χ1v) is 6.43. The lowest BCUT2D eigenvalue weighted by atomic mass is 9.85. The van der Waals surface area contributed by atoms with Crippen molar-refractivity contribution in [3.8, 4) is 0 Å². The van der Waals surface area contributed by atoms with Crippen molar-refractivity contribution in [3.63, 3.8) is 0 Å². The van der Waals surface area contributed by atoms with Gasteiger partial charge in [0.1, 0.15) is 6.61 Å². The van der Waals surface area contributed by atoms with Crippen LogP contribution < -0.4 is 5.32 Å². The Morgan fingerprint density at radius 3 is 2.89 bits per heavy atom. The van der Waals surface area contributed by atoms with Gasteiger partial charge in [0.05, 0.1) is 12.1 Å². The molecule has 0 amide bonds. The molecular weight excluding hydrogens is 236 g/mol. The molecule has 4 heteroatoms. The first kappa shape index (κ1) is 13.4. The highest BCUT2D eigenvalue weighted by Gasteiger charge is 2.29. The van der Waals surface area contributed by atoms with E-state index in [9.17, 15) is 8.78 Å². The fraction of sp³-hybridized carbons (Fsp3) is 0.571. The number of ether oxygens (including phenoxy) is 1. The molecule has 0 aliphatic heterocycles. The quantitative estimate of drug-likeness (QED) is 0.873. The van der Waals surface area contributed by atoms with Crippen LogP contribution >= 0.6 is 0 Å². The van der Waals surface area contributed by atoms with Gasteiger partial charge in [-0.1, -0.05) is 31.2 Å². The summed E-state index contributed by atoms with van der Waals surface area (Å²) in [6, 6.07) is 8.18. The molecule has 2 rings (SSSR count). The van der Waals surface area contributed by atoms with Crippen LogP contribution in [0, 0.1) is 0 Å². The molecule has 1 N–H and O–H groups in total. The van der Waals surface area contributed by atoms with E-state index in [1.54, 1.807) is 0 Å². The number of rotatable bonds is 5. The monoisotopic (exact) mass is 255 g/mol. The summed E-state index contributed by atoms with van der Waals surface area (Å²) in [5.41, 5.74) is 2.48. The van der Waals surface area contributed by atoms with Crippen LogP contribution in [0.25, 0.3) is 0 Å². The average Bonchev–Trinajstić information content (AvgIpc) is 2.38. The van der Waals surface area contributed by atoms with Gasteiger partial charge >= 0.3 is 0 Å². The third kappa shape index (κ3) is 3.06. The molecule has 2 nitrogen and oxygen atoms in total. The molecule has 1 aliphatic rings. The number of benzene rings is 1.